The molecular formula is C6H11ClMgO2. The molecule has 0 unspecified atom stereocenters. The number of esters is 1. The van der Waals surface area contributed by atoms with Crippen LogP contribution in [-0.2, 0) is 9.53 Å². The maximum atomic E-state index is 10.8. The SMILES string of the molecule is CC(C)(C)C(=O)O[CH2][Mg+].[Cl-]. The summed E-state index contributed by atoms with van der Waals surface area (Å²) >= 11 is 1.63. The maximum absolute atomic E-state index is 10.8. The first-order valence-corrected chi connectivity index (χ1v) is 3.95. The van der Waals surface area contributed by atoms with Crippen molar-refractivity contribution in [1.29, 1.82) is 0 Å². The fraction of sp³-hybridized carbons (Fsp3) is 0.833. The van der Waals surface area contributed by atoms with E-state index in [0.29, 0.717) is 4.74 Å². The molecule has 0 N–H and O–H groups in total. The third-order valence-electron chi connectivity index (χ3n) is 0.846. The van der Waals surface area contributed by atoms with E-state index in [1.807, 2.05) is 20.8 Å². The zero-order chi connectivity index (χ0) is 7.49. The largest absolute Gasteiger partial charge is 1.00 e. The third kappa shape index (κ3) is 5.32. The summed E-state index contributed by atoms with van der Waals surface area (Å²) in [7, 11) is 0. The summed E-state index contributed by atoms with van der Waals surface area (Å²) in [6.45, 7) is 5.52. The molecule has 0 heterocycles. The number of ether oxygens (including phenoxy) is 1. The van der Waals surface area contributed by atoms with Gasteiger partial charge in [0.15, 0.2) is 0 Å². The van der Waals surface area contributed by atoms with Crippen LogP contribution in [0.15, 0.2) is 0 Å². The predicted molar refractivity (Wildman–Crippen MR) is 36.2 cm³/mol. The van der Waals surface area contributed by atoms with Crippen molar-refractivity contribution < 1.29 is 21.9 Å². The quantitative estimate of drug-likeness (QED) is 0.331. The summed E-state index contributed by atoms with van der Waals surface area (Å²) in [5.41, 5.74) is -0.347. The van der Waals surface area contributed by atoms with Crippen LogP contribution < -0.4 is 12.4 Å². The summed E-state index contributed by atoms with van der Waals surface area (Å²) in [6, 6.07) is 0. The van der Waals surface area contributed by atoms with Crippen LogP contribution in [0.4, 0.5) is 0 Å². The Bertz CT molecular complexity index is 109. The van der Waals surface area contributed by atoms with Crippen molar-refractivity contribution in [3.05, 3.63) is 0 Å². The Morgan fingerprint density at radius 1 is 1.50 bits per heavy atom. The fourth-order valence-electron chi connectivity index (χ4n) is 0.309. The molecule has 56 valence electrons. The molecule has 0 bridgehead atoms. The Morgan fingerprint density at radius 2 is 1.90 bits per heavy atom. The van der Waals surface area contributed by atoms with E-state index in [1.165, 1.54) is 0 Å². The standard InChI is InChI=1S/C6H11O2.ClH.Mg/c1-6(2,3)5(7)8-4;;/h4H2,1-3H3;1H;/q;;+1/p-1. The van der Waals surface area contributed by atoms with Crippen LogP contribution in [0.1, 0.15) is 20.8 Å². The molecule has 0 rings (SSSR count). The molecule has 0 spiro atoms. The number of hydrogen-bond donors (Lipinski definition) is 0. The number of carbonyl (C=O) groups excluding carboxylic acids is 1. The van der Waals surface area contributed by atoms with E-state index in [4.69, 9.17) is 4.74 Å². The first-order valence-electron chi connectivity index (χ1n) is 2.95. The molecule has 0 fully saturated rings. The van der Waals surface area contributed by atoms with Gasteiger partial charge in [-0.3, -0.25) is 0 Å². The summed E-state index contributed by atoms with van der Waals surface area (Å²) in [6.07, 6.45) is 0. The number of rotatable bonds is 1. The van der Waals surface area contributed by atoms with Crippen molar-refractivity contribution in [2.24, 2.45) is 5.41 Å². The summed E-state index contributed by atoms with van der Waals surface area (Å²) in [5.74, 6) is -0.127. The maximum Gasteiger partial charge on any atom is -1.00 e. The van der Waals surface area contributed by atoms with Crippen molar-refractivity contribution >= 4 is 27.7 Å². The molecule has 0 saturated heterocycles. The second-order valence-electron chi connectivity index (χ2n) is 2.89. The average molecular weight is 175 g/mol. The zero-order valence-electron chi connectivity index (χ0n) is 6.61. The summed E-state index contributed by atoms with van der Waals surface area (Å²) < 4.78 is 5.28. The third-order valence-corrected chi connectivity index (χ3v) is 1.05. The molecule has 0 aliphatic carbocycles. The van der Waals surface area contributed by atoms with Gasteiger partial charge in [-0.1, -0.05) is 0 Å². The van der Waals surface area contributed by atoms with Gasteiger partial charge >= 0.3 is 68.1 Å². The molecule has 0 aromatic carbocycles. The fourth-order valence-corrected chi connectivity index (χ4v) is 0.495. The molecule has 0 saturated carbocycles. The van der Waals surface area contributed by atoms with Gasteiger partial charge in [-0.2, -0.15) is 0 Å². The Balaban J connectivity index is 0. The van der Waals surface area contributed by atoms with Crippen LogP contribution in [0.3, 0.4) is 0 Å². The second kappa shape index (κ2) is 5.21. The molecule has 0 amide bonds. The zero-order valence-corrected chi connectivity index (χ0v) is 8.78. The van der Waals surface area contributed by atoms with E-state index in [-0.39, 0.29) is 23.8 Å². The summed E-state index contributed by atoms with van der Waals surface area (Å²) in [5, 5.41) is 0. The minimum absolute atomic E-state index is 0. The Hall–Kier alpha value is 0.526. The molecule has 4 heteroatoms. The van der Waals surface area contributed by atoms with Crippen LogP contribution in [0, 0.1) is 5.41 Å². The first-order chi connectivity index (χ1) is 3.98. The Morgan fingerprint density at radius 3 is 2.00 bits per heavy atom. The monoisotopic (exact) mass is 174 g/mol. The Labute approximate surface area is 80.5 Å². The molecule has 0 atom stereocenters. The van der Waals surface area contributed by atoms with Gasteiger partial charge in [-0.25, -0.2) is 0 Å². The molecule has 0 aliphatic heterocycles. The number of carbonyl (C=O) groups is 1. The van der Waals surface area contributed by atoms with E-state index in [2.05, 4.69) is 0 Å². The normalized spacial score (nSPS) is 10.1. The van der Waals surface area contributed by atoms with Gasteiger partial charge < -0.3 is 12.4 Å². The molecule has 0 aromatic rings. The van der Waals surface area contributed by atoms with E-state index >= 15 is 0 Å². The van der Waals surface area contributed by atoms with Crippen LogP contribution in [0.5, 0.6) is 0 Å². The number of halogens is 1. The summed E-state index contributed by atoms with van der Waals surface area (Å²) in [4.78, 5) is 10.8. The average Bonchev–Trinajstić information content (AvgIpc) is 1.64. The molecule has 2 nitrogen and oxygen atoms in total. The van der Waals surface area contributed by atoms with Gasteiger partial charge in [0, 0.05) is 0 Å². The van der Waals surface area contributed by atoms with Crippen LogP contribution in [0.25, 0.3) is 0 Å². The van der Waals surface area contributed by atoms with Crippen LogP contribution in [0.2, 0.25) is 0 Å². The minimum atomic E-state index is -0.347. The van der Waals surface area contributed by atoms with Crippen molar-refractivity contribution in [1.82, 2.24) is 0 Å². The molecule has 0 radical (unpaired) electrons. The van der Waals surface area contributed by atoms with Crippen molar-refractivity contribution in [3.8, 4) is 0 Å². The van der Waals surface area contributed by atoms with Crippen molar-refractivity contribution in [3.63, 3.8) is 0 Å². The predicted octanol–water partition coefficient (Wildman–Crippen LogP) is -2.29. The second-order valence-corrected chi connectivity index (χ2v) is 3.29. The van der Waals surface area contributed by atoms with Crippen molar-refractivity contribution in [2.75, 3.05) is 4.74 Å². The van der Waals surface area contributed by atoms with Crippen LogP contribution in [-0.4, -0.2) is 32.4 Å². The van der Waals surface area contributed by atoms with Gasteiger partial charge in [0.25, 0.3) is 0 Å². The smallest absolute Gasteiger partial charge is 1.00 e. The van der Waals surface area contributed by atoms with Gasteiger partial charge in [-0.15, -0.1) is 0 Å². The topological polar surface area (TPSA) is 26.3 Å². The van der Waals surface area contributed by atoms with Gasteiger partial charge in [0.05, 0.1) is 0 Å². The molecule has 0 aromatic heterocycles. The Kier molecular flexibility index (Phi) is 6.85. The number of hydrogen-bond acceptors (Lipinski definition) is 2. The van der Waals surface area contributed by atoms with Gasteiger partial charge in [-0.05, 0) is 0 Å². The van der Waals surface area contributed by atoms with E-state index < -0.39 is 0 Å². The van der Waals surface area contributed by atoms with E-state index in [9.17, 15) is 4.79 Å². The first kappa shape index (κ1) is 13.1. The molecule has 10 heavy (non-hydrogen) atoms. The van der Waals surface area contributed by atoms with Crippen molar-refractivity contribution in [2.45, 2.75) is 20.8 Å². The van der Waals surface area contributed by atoms with E-state index in [1.54, 1.807) is 21.7 Å². The van der Waals surface area contributed by atoms with Crippen LogP contribution >= 0.6 is 0 Å². The van der Waals surface area contributed by atoms with Gasteiger partial charge in [0.1, 0.15) is 0 Å². The van der Waals surface area contributed by atoms with E-state index in [0.717, 1.165) is 0 Å². The molecular weight excluding hydrogens is 164 g/mol. The van der Waals surface area contributed by atoms with Gasteiger partial charge in [0.2, 0.25) is 0 Å². The minimum Gasteiger partial charge on any atom is -1.00 e. The molecule has 0 aliphatic rings.